The van der Waals surface area contributed by atoms with Gasteiger partial charge in [-0.3, -0.25) is 4.79 Å². The first kappa shape index (κ1) is 21.4. The quantitative estimate of drug-likeness (QED) is 0.619. The van der Waals surface area contributed by atoms with Crippen molar-refractivity contribution in [2.45, 2.75) is 32.5 Å². The van der Waals surface area contributed by atoms with E-state index in [1.807, 2.05) is 56.3 Å². The van der Waals surface area contributed by atoms with Gasteiger partial charge >= 0.3 is 0 Å². The Labute approximate surface area is 186 Å². The van der Waals surface area contributed by atoms with Crippen LogP contribution in [0.25, 0.3) is 22.3 Å². The average Bonchev–Trinajstić information content (AvgIpc) is 2.82. The van der Waals surface area contributed by atoms with E-state index in [9.17, 15) is 10.1 Å². The molecule has 6 heteroatoms. The van der Waals surface area contributed by atoms with Crippen LogP contribution in [0.1, 0.15) is 29.7 Å². The first-order valence-corrected chi connectivity index (χ1v) is 10.4. The second-order valence-corrected chi connectivity index (χ2v) is 7.98. The van der Waals surface area contributed by atoms with Crippen LogP contribution < -0.4 is 16.1 Å². The maximum Gasteiger partial charge on any atom is 0.248 e. The van der Waals surface area contributed by atoms with Gasteiger partial charge in [-0.15, -0.1) is 0 Å². The number of hydrogen-bond acceptors (Lipinski definition) is 6. The summed E-state index contributed by atoms with van der Waals surface area (Å²) in [6, 6.07) is 15.5. The van der Waals surface area contributed by atoms with Gasteiger partial charge in [0.1, 0.15) is 17.4 Å². The summed E-state index contributed by atoms with van der Waals surface area (Å²) in [5.41, 5.74) is 3.48. The molecule has 0 saturated heterocycles. The molecule has 2 N–H and O–H groups in total. The number of allylic oxidation sites excluding steroid dienone is 1. The van der Waals surface area contributed by atoms with Crippen molar-refractivity contribution in [3.05, 3.63) is 93.4 Å². The number of rotatable bonds is 5. The Balaban J connectivity index is 1.77. The SMILES string of the molecule is COC1(C#N)C=CC(N[C@H](C)c2cc(C)cc3c(=O)c(C)c(-c4ccccc4)oc23)=CN1. The van der Waals surface area contributed by atoms with E-state index >= 15 is 0 Å². The van der Waals surface area contributed by atoms with Gasteiger partial charge in [0.25, 0.3) is 0 Å². The highest BCUT2D eigenvalue weighted by molar-refractivity contribution is 5.84. The number of nitriles is 1. The highest BCUT2D eigenvalue weighted by Gasteiger charge is 2.27. The van der Waals surface area contributed by atoms with Crippen LogP contribution in [0.2, 0.25) is 0 Å². The van der Waals surface area contributed by atoms with Crippen molar-refractivity contribution in [2.75, 3.05) is 7.11 Å². The van der Waals surface area contributed by atoms with Crippen molar-refractivity contribution < 1.29 is 9.15 Å². The van der Waals surface area contributed by atoms with Gasteiger partial charge in [-0.2, -0.15) is 5.26 Å². The third-order valence-electron chi connectivity index (χ3n) is 5.71. The number of hydrogen-bond donors (Lipinski definition) is 2. The number of benzene rings is 2. The van der Waals surface area contributed by atoms with Gasteiger partial charge in [-0.05, 0) is 44.6 Å². The van der Waals surface area contributed by atoms with E-state index in [0.29, 0.717) is 22.3 Å². The third kappa shape index (κ3) is 3.79. The van der Waals surface area contributed by atoms with Gasteiger partial charge in [-0.1, -0.05) is 36.4 Å². The average molecular weight is 428 g/mol. The van der Waals surface area contributed by atoms with Crippen LogP contribution in [0.4, 0.5) is 0 Å². The second-order valence-electron chi connectivity index (χ2n) is 7.98. The molecule has 1 aliphatic heterocycles. The summed E-state index contributed by atoms with van der Waals surface area (Å²) >= 11 is 0. The Morgan fingerprint density at radius 1 is 1.22 bits per heavy atom. The van der Waals surface area contributed by atoms with E-state index in [1.54, 1.807) is 25.3 Å². The summed E-state index contributed by atoms with van der Waals surface area (Å²) in [7, 11) is 1.47. The summed E-state index contributed by atoms with van der Waals surface area (Å²) in [6.45, 7) is 5.78. The number of ether oxygens (including phenoxy) is 1. The number of methoxy groups -OCH3 is 1. The number of dihydropyridines is 1. The molecule has 0 bridgehead atoms. The maximum atomic E-state index is 13.2. The highest BCUT2D eigenvalue weighted by atomic mass is 16.5. The second kappa shape index (κ2) is 8.37. The molecule has 2 aromatic carbocycles. The molecule has 1 aliphatic rings. The van der Waals surface area contributed by atoms with Gasteiger partial charge in [0.2, 0.25) is 5.72 Å². The fourth-order valence-corrected chi connectivity index (χ4v) is 3.90. The molecule has 4 rings (SSSR count). The van der Waals surface area contributed by atoms with Crippen LogP contribution in [0, 0.1) is 25.2 Å². The fraction of sp³-hybridized carbons (Fsp3) is 0.231. The number of nitrogens with one attached hydrogen (secondary N) is 2. The summed E-state index contributed by atoms with van der Waals surface area (Å²) in [6.07, 6.45) is 5.16. The van der Waals surface area contributed by atoms with Gasteiger partial charge < -0.3 is 19.8 Å². The van der Waals surface area contributed by atoms with Crippen molar-refractivity contribution in [1.82, 2.24) is 10.6 Å². The van der Waals surface area contributed by atoms with Crippen molar-refractivity contribution in [2.24, 2.45) is 0 Å². The zero-order chi connectivity index (χ0) is 22.9. The number of fused-ring (bicyclic) bond motifs is 1. The van der Waals surface area contributed by atoms with Crippen LogP contribution in [-0.2, 0) is 4.74 Å². The van der Waals surface area contributed by atoms with E-state index in [4.69, 9.17) is 9.15 Å². The zero-order valence-corrected chi connectivity index (χ0v) is 18.5. The normalized spacial score (nSPS) is 18.5. The summed E-state index contributed by atoms with van der Waals surface area (Å²) in [5.74, 6) is 0.581. The van der Waals surface area contributed by atoms with E-state index in [2.05, 4.69) is 16.7 Å². The molecule has 0 aliphatic carbocycles. The summed E-state index contributed by atoms with van der Waals surface area (Å²) < 4.78 is 11.6. The van der Waals surface area contributed by atoms with Crippen molar-refractivity contribution in [3.63, 3.8) is 0 Å². The molecule has 2 heterocycles. The van der Waals surface area contributed by atoms with Gasteiger partial charge in [0.15, 0.2) is 5.43 Å². The highest BCUT2D eigenvalue weighted by Crippen LogP contribution is 2.31. The van der Waals surface area contributed by atoms with Crippen molar-refractivity contribution in [1.29, 1.82) is 5.26 Å². The minimum atomic E-state index is -1.17. The van der Waals surface area contributed by atoms with Crippen LogP contribution in [0.5, 0.6) is 0 Å². The first-order chi connectivity index (χ1) is 15.4. The lowest BCUT2D eigenvalue weighted by atomic mass is 9.98. The number of aryl methyl sites for hydroxylation is 1. The largest absolute Gasteiger partial charge is 0.455 e. The molecule has 0 saturated carbocycles. The molecule has 1 unspecified atom stereocenters. The van der Waals surface area contributed by atoms with Crippen LogP contribution >= 0.6 is 0 Å². The molecule has 0 amide bonds. The van der Waals surface area contributed by atoms with E-state index < -0.39 is 5.72 Å². The van der Waals surface area contributed by atoms with E-state index in [0.717, 1.165) is 22.4 Å². The molecular formula is C26H25N3O3. The van der Waals surface area contributed by atoms with Crippen LogP contribution in [0.3, 0.4) is 0 Å². The molecule has 32 heavy (non-hydrogen) atoms. The maximum absolute atomic E-state index is 13.2. The van der Waals surface area contributed by atoms with Gasteiger partial charge in [-0.25, -0.2) is 0 Å². The monoisotopic (exact) mass is 427 g/mol. The summed E-state index contributed by atoms with van der Waals surface area (Å²) in [5, 5.41) is 16.3. The molecule has 1 aromatic heterocycles. The van der Waals surface area contributed by atoms with E-state index in [1.165, 1.54) is 7.11 Å². The lowest BCUT2D eigenvalue weighted by Crippen LogP contribution is -2.43. The summed E-state index contributed by atoms with van der Waals surface area (Å²) in [4.78, 5) is 13.2. The molecule has 0 fully saturated rings. The fourth-order valence-electron chi connectivity index (χ4n) is 3.90. The predicted octanol–water partition coefficient (Wildman–Crippen LogP) is 4.59. The van der Waals surface area contributed by atoms with Gasteiger partial charge in [0, 0.05) is 30.0 Å². The Morgan fingerprint density at radius 2 is 1.97 bits per heavy atom. The van der Waals surface area contributed by atoms with Crippen molar-refractivity contribution in [3.8, 4) is 17.4 Å². The predicted molar refractivity (Wildman–Crippen MR) is 125 cm³/mol. The van der Waals surface area contributed by atoms with Crippen LogP contribution in [0.15, 0.2) is 75.7 Å². The van der Waals surface area contributed by atoms with E-state index in [-0.39, 0.29) is 11.5 Å². The Morgan fingerprint density at radius 3 is 2.59 bits per heavy atom. The zero-order valence-electron chi connectivity index (χ0n) is 18.5. The Kier molecular flexibility index (Phi) is 5.60. The molecule has 0 radical (unpaired) electrons. The lowest BCUT2D eigenvalue weighted by Gasteiger charge is -2.27. The Bertz CT molecular complexity index is 1330. The molecule has 6 nitrogen and oxygen atoms in total. The molecule has 3 aromatic rings. The smallest absolute Gasteiger partial charge is 0.248 e. The van der Waals surface area contributed by atoms with Gasteiger partial charge in [0.05, 0.1) is 17.1 Å². The topological polar surface area (TPSA) is 87.3 Å². The van der Waals surface area contributed by atoms with Crippen molar-refractivity contribution >= 4 is 11.0 Å². The minimum Gasteiger partial charge on any atom is -0.455 e. The van der Waals surface area contributed by atoms with Crippen LogP contribution in [-0.4, -0.2) is 12.8 Å². The lowest BCUT2D eigenvalue weighted by molar-refractivity contribution is 0.0613. The third-order valence-corrected chi connectivity index (χ3v) is 5.71. The molecular weight excluding hydrogens is 402 g/mol. The number of nitrogens with zero attached hydrogens (tertiary/aromatic N) is 1. The first-order valence-electron chi connectivity index (χ1n) is 10.4. The Hall–Kier alpha value is -3.82. The standard InChI is InChI=1S/C26H25N3O3/c1-16-12-21(18(3)29-20-10-11-26(15-27,31-4)28-14-20)25-22(13-16)23(30)17(2)24(32-25)19-8-6-5-7-9-19/h5-14,18,28-29H,1-4H3/t18-,26?/m1/s1. The molecule has 162 valence electrons. The minimum absolute atomic E-state index is 0.0282. The molecule has 0 spiro atoms. The molecule has 2 atom stereocenters.